The van der Waals surface area contributed by atoms with Crippen molar-refractivity contribution >= 4 is 28.9 Å². The summed E-state index contributed by atoms with van der Waals surface area (Å²) in [6.07, 6.45) is 0. The van der Waals surface area contributed by atoms with Crippen molar-refractivity contribution in [3.63, 3.8) is 0 Å². The minimum atomic E-state index is -0.601. The van der Waals surface area contributed by atoms with Crippen molar-refractivity contribution in [1.29, 1.82) is 0 Å². The lowest BCUT2D eigenvalue weighted by Crippen LogP contribution is -2.18. The van der Waals surface area contributed by atoms with Crippen LogP contribution in [0.2, 0.25) is 5.02 Å². The van der Waals surface area contributed by atoms with Gasteiger partial charge in [0.15, 0.2) is 0 Å². The summed E-state index contributed by atoms with van der Waals surface area (Å²) < 4.78 is 13.5. The quantitative estimate of drug-likeness (QED) is 0.601. The molecule has 0 saturated carbocycles. The molecule has 2 rings (SSSR count). The van der Waals surface area contributed by atoms with Gasteiger partial charge in [-0.3, -0.25) is 10.6 Å². The number of amides is 1. The van der Waals surface area contributed by atoms with Crippen LogP contribution in [0.5, 0.6) is 0 Å². The normalized spacial score (nSPS) is 10.2. The number of hydrazine groups is 1. The molecule has 20 heavy (non-hydrogen) atoms. The Kier molecular flexibility index (Phi) is 4.22. The number of aryl methyl sites for hydroxylation is 1. The molecule has 2 aromatic carbocycles. The number of carbonyl (C=O) groups excluding carboxylic acids is 1. The summed E-state index contributed by atoms with van der Waals surface area (Å²) in [7, 11) is 0. The predicted octanol–water partition coefficient (Wildman–Crippen LogP) is 3.33. The topological polar surface area (TPSA) is 67.2 Å². The zero-order valence-electron chi connectivity index (χ0n) is 10.7. The van der Waals surface area contributed by atoms with Gasteiger partial charge in [0.05, 0.1) is 22.0 Å². The molecule has 0 fully saturated rings. The molecule has 1 amide bonds. The van der Waals surface area contributed by atoms with Gasteiger partial charge in [-0.2, -0.15) is 0 Å². The second kappa shape index (κ2) is 5.90. The molecule has 6 heteroatoms. The van der Waals surface area contributed by atoms with Crippen LogP contribution in [0.4, 0.5) is 15.8 Å². The molecule has 0 bridgehead atoms. The molecule has 4 nitrogen and oxygen atoms in total. The maximum absolute atomic E-state index is 13.5. The summed E-state index contributed by atoms with van der Waals surface area (Å²) >= 11 is 6.00. The van der Waals surface area contributed by atoms with Crippen LogP contribution in [-0.2, 0) is 0 Å². The monoisotopic (exact) mass is 293 g/mol. The Labute approximate surface area is 120 Å². The average molecular weight is 294 g/mol. The molecule has 0 aromatic heterocycles. The number of carbonyl (C=O) groups is 1. The highest BCUT2D eigenvalue weighted by atomic mass is 35.5. The van der Waals surface area contributed by atoms with E-state index in [9.17, 15) is 9.18 Å². The van der Waals surface area contributed by atoms with Crippen molar-refractivity contribution in [3.05, 3.63) is 58.4 Å². The van der Waals surface area contributed by atoms with Crippen LogP contribution in [0.3, 0.4) is 0 Å². The summed E-state index contributed by atoms with van der Waals surface area (Å²) in [6, 6.07) is 9.36. The van der Waals surface area contributed by atoms with Gasteiger partial charge in [-0.05, 0) is 36.8 Å². The van der Waals surface area contributed by atoms with Crippen molar-refractivity contribution < 1.29 is 9.18 Å². The Bertz CT molecular complexity index is 661. The number of nitrogens with one attached hydrogen (secondary N) is 2. The number of halogens is 2. The van der Waals surface area contributed by atoms with Crippen LogP contribution in [0.25, 0.3) is 0 Å². The highest BCUT2D eigenvalue weighted by molar-refractivity contribution is 6.34. The average Bonchev–Trinajstić information content (AvgIpc) is 2.42. The Morgan fingerprint density at radius 1 is 1.30 bits per heavy atom. The molecule has 0 aliphatic heterocycles. The first-order valence-corrected chi connectivity index (χ1v) is 6.23. The number of para-hydroxylation sites is 1. The Morgan fingerprint density at radius 3 is 2.75 bits per heavy atom. The van der Waals surface area contributed by atoms with Gasteiger partial charge in [-0.15, -0.1) is 0 Å². The third kappa shape index (κ3) is 2.89. The molecule has 0 spiro atoms. The second-order valence-corrected chi connectivity index (χ2v) is 4.65. The first kappa shape index (κ1) is 14.3. The van der Waals surface area contributed by atoms with Gasteiger partial charge in [0.1, 0.15) is 5.82 Å². The number of hydrogen-bond donors (Lipinski definition) is 3. The lowest BCUT2D eigenvalue weighted by Gasteiger charge is -2.11. The van der Waals surface area contributed by atoms with E-state index in [1.165, 1.54) is 18.2 Å². The largest absolute Gasteiger partial charge is 0.321 e. The van der Waals surface area contributed by atoms with Crippen LogP contribution in [-0.4, -0.2) is 5.91 Å². The number of anilines is 2. The van der Waals surface area contributed by atoms with Crippen molar-refractivity contribution in [3.8, 4) is 0 Å². The number of nitrogens with two attached hydrogens (primary N) is 1. The summed E-state index contributed by atoms with van der Waals surface area (Å²) in [5, 5.41) is 3.04. The molecule has 0 unspecified atom stereocenters. The van der Waals surface area contributed by atoms with Gasteiger partial charge in [0.2, 0.25) is 0 Å². The lowest BCUT2D eigenvalue weighted by molar-refractivity contribution is 0.102. The maximum Gasteiger partial charge on any atom is 0.257 e. The molecule has 104 valence electrons. The summed E-state index contributed by atoms with van der Waals surface area (Å²) in [6.45, 7) is 1.88. The molecule has 4 N–H and O–H groups in total. The Balaban J connectivity index is 2.33. The van der Waals surface area contributed by atoms with Crippen molar-refractivity contribution in [2.24, 2.45) is 5.84 Å². The van der Waals surface area contributed by atoms with E-state index in [1.54, 1.807) is 12.1 Å². The second-order valence-electron chi connectivity index (χ2n) is 4.24. The van der Waals surface area contributed by atoms with Crippen LogP contribution in [0.1, 0.15) is 15.9 Å². The molecular weight excluding hydrogens is 281 g/mol. The molecule has 2 aromatic rings. The number of rotatable bonds is 3. The fraction of sp³-hybridized carbons (Fsp3) is 0.0714. The van der Waals surface area contributed by atoms with Crippen molar-refractivity contribution in [1.82, 2.24) is 0 Å². The molecule has 0 radical (unpaired) electrons. The van der Waals surface area contributed by atoms with E-state index in [2.05, 4.69) is 10.7 Å². The Hall–Kier alpha value is -2.11. The van der Waals surface area contributed by atoms with E-state index in [0.29, 0.717) is 10.7 Å². The summed E-state index contributed by atoms with van der Waals surface area (Å²) in [5.74, 6) is 4.14. The summed E-state index contributed by atoms with van der Waals surface area (Å²) in [5.41, 5.74) is 3.64. The Morgan fingerprint density at radius 2 is 2.05 bits per heavy atom. The third-order valence-electron chi connectivity index (χ3n) is 2.77. The fourth-order valence-electron chi connectivity index (χ4n) is 1.78. The fourth-order valence-corrected chi connectivity index (χ4v) is 1.95. The van der Waals surface area contributed by atoms with E-state index < -0.39 is 11.7 Å². The van der Waals surface area contributed by atoms with E-state index in [-0.39, 0.29) is 11.3 Å². The van der Waals surface area contributed by atoms with Crippen LogP contribution < -0.4 is 16.6 Å². The van der Waals surface area contributed by atoms with E-state index in [1.807, 2.05) is 13.0 Å². The standard InChI is InChI=1S/C14H13ClFN3O/c1-8-5-6-10(15)12(7-8)18-14(20)9-3-2-4-11(16)13(9)19-17/h2-7,19H,17H2,1H3,(H,18,20). The van der Waals surface area contributed by atoms with Gasteiger partial charge < -0.3 is 10.7 Å². The van der Waals surface area contributed by atoms with Gasteiger partial charge >= 0.3 is 0 Å². The van der Waals surface area contributed by atoms with Gasteiger partial charge in [0.25, 0.3) is 5.91 Å². The zero-order chi connectivity index (χ0) is 14.7. The van der Waals surface area contributed by atoms with Gasteiger partial charge in [-0.25, -0.2) is 4.39 Å². The molecule has 0 saturated heterocycles. The smallest absolute Gasteiger partial charge is 0.257 e. The van der Waals surface area contributed by atoms with Crippen LogP contribution in [0.15, 0.2) is 36.4 Å². The number of benzene rings is 2. The van der Waals surface area contributed by atoms with Crippen LogP contribution >= 0.6 is 11.6 Å². The third-order valence-corrected chi connectivity index (χ3v) is 3.10. The molecule has 0 heterocycles. The minimum Gasteiger partial charge on any atom is -0.321 e. The SMILES string of the molecule is Cc1ccc(Cl)c(NC(=O)c2cccc(F)c2NN)c1. The van der Waals surface area contributed by atoms with Crippen molar-refractivity contribution in [2.45, 2.75) is 6.92 Å². The zero-order valence-corrected chi connectivity index (χ0v) is 11.5. The molecule has 0 atom stereocenters. The predicted molar refractivity (Wildman–Crippen MR) is 78.4 cm³/mol. The minimum absolute atomic E-state index is 0.0613. The van der Waals surface area contributed by atoms with Crippen molar-refractivity contribution in [2.75, 3.05) is 10.7 Å². The molecular formula is C14H13ClFN3O. The van der Waals surface area contributed by atoms with E-state index >= 15 is 0 Å². The highest BCUT2D eigenvalue weighted by Gasteiger charge is 2.15. The number of hydrogen-bond acceptors (Lipinski definition) is 3. The first-order chi connectivity index (χ1) is 9.52. The lowest BCUT2D eigenvalue weighted by atomic mass is 10.1. The maximum atomic E-state index is 13.5. The number of nitrogen functional groups attached to an aromatic ring is 1. The summed E-state index contributed by atoms with van der Waals surface area (Å²) in [4.78, 5) is 12.2. The van der Waals surface area contributed by atoms with Gasteiger partial charge in [0, 0.05) is 0 Å². The molecule has 0 aliphatic carbocycles. The van der Waals surface area contributed by atoms with Crippen LogP contribution in [0, 0.1) is 12.7 Å². The van der Waals surface area contributed by atoms with Gasteiger partial charge in [-0.1, -0.05) is 23.7 Å². The highest BCUT2D eigenvalue weighted by Crippen LogP contribution is 2.25. The molecule has 0 aliphatic rings. The van der Waals surface area contributed by atoms with E-state index in [0.717, 1.165) is 5.56 Å². The first-order valence-electron chi connectivity index (χ1n) is 5.85. The van der Waals surface area contributed by atoms with E-state index in [4.69, 9.17) is 17.4 Å².